The lowest BCUT2D eigenvalue weighted by molar-refractivity contribution is 0.208. The third-order valence-electron chi connectivity index (χ3n) is 5.46. The zero-order valence-corrected chi connectivity index (χ0v) is 17.3. The molecule has 1 aliphatic heterocycles. The number of carbonyl (C=O) groups is 1. The second-order valence-corrected chi connectivity index (χ2v) is 7.07. The van der Waals surface area contributed by atoms with E-state index >= 15 is 0 Å². The van der Waals surface area contributed by atoms with Gasteiger partial charge in [0.25, 0.3) is 0 Å². The fourth-order valence-electron chi connectivity index (χ4n) is 3.42. The molecule has 0 spiro atoms. The van der Waals surface area contributed by atoms with Crippen molar-refractivity contribution in [1.29, 1.82) is 0 Å². The lowest BCUT2D eigenvalue weighted by Crippen LogP contribution is -2.50. The summed E-state index contributed by atoms with van der Waals surface area (Å²) in [6.45, 7) is 13.0. The SMILES string of the molecule is CCN(CC)c1ccc(N2CCN(C(=O)Nc3cccc(C)c3C)CC2)nn1. The molecule has 7 heteroatoms. The van der Waals surface area contributed by atoms with Crippen molar-refractivity contribution in [3.8, 4) is 0 Å². The molecule has 0 saturated carbocycles. The fourth-order valence-corrected chi connectivity index (χ4v) is 3.42. The fraction of sp³-hybridized carbons (Fsp3) is 0.476. The Hall–Kier alpha value is -2.83. The summed E-state index contributed by atoms with van der Waals surface area (Å²) in [4.78, 5) is 18.8. The maximum absolute atomic E-state index is 12.6. The third kappa shape index (κ3) is 4.35. The van der Waals surface area contributed by atoms with Gasteiger partial charge in [0.15, 0.2) is 11.6 Å². The van der Waals surface area contributed by atoms with Crippen molar-refractivity contribution in [3.05, 3.63) is 41.5 Å². The van der Waals surface area contributed by atoms with Crippen molar-refractivity contribution >= 4 is 23.4 Å². The Morgan fingerprint density at radius 1 is 1.04 bits per heavy atom. The summed E-state index contributed by atoms with van der Waals surface area (Å²) in [6, 6.07) is 9.97. The van der Waals surface area contributed by atoms with E-state index in [0.717, 1.165) is 49.1 Å². The van der Waals surface area contributed by atoms with Crippen molar-refractivity contribution in [2.75, 3.05) is 54.4 Å². The Labute approximate surface area is 167 Å². The number of carbonyl (C=O) groups excluding carboxylic acids is 1. The van der Waals surface area contributed by atoms with E-state index in [4.69, 9.17) is 0 Å². The van der Waals surface area contributed by atoms with Gasteiger partial charge < -0.3 is 20.0 Å². The molecule has 7 nitrogen and oxygen atoms in total. The van der Waals surface area contributed by atoms with Crippen molar-refractivity contribution in [1.82, 2.24) is 15.1 Å². The van der Waals surface area contributed by atoms with E-state index in [9.17, 15) is 4.79 Å². The Bertz CT molecular complexity index is 795. The van der Waals surface area contributed by atoms with Gasteiger partial charge in [0, 0.05) is 45.0 Å². The first-order valence-corrected chi connectivity index (χ1v) is 9.99. The van der Waals surface area contributed by atoms with Crippen LogP contribution in [-0.4, -0.2) is 60.4 Å². The van der Waals surface area contributed by atoms with Crippen LogP contribution in [0.15, 0.2) is 30.3 Å². The largest absolute Gasteiger partial charge is 0.356 e. The molecule has 150 valence electrons. The molecular weight excluding hydrogens is 352 g/mol. The predicted octanol–water partition coefficient (Wildman–Crippen LogP) is 3.29. The highest BCUT2D eigenvalue weighted by Gasteiger charge is 2.22. The molecule has 1 aromatic heterocycles. The summed E-state index contributed by atoms with van der Waals surface area (Å²) in [6.07, 6.45) is 0. The number of rotatable bonds is 5. The van der Waals surface area contributed by atoms with Crippen LogP contribution in [0.2, 0.25) is 0 Å². The second kappa shape index (κ2) is 8.91. The molecular formula is C21H30N6O. The van der Waals surface area contributed by atoms with Gasteiger partial charge in [-0.05, 0) is 57.0 Å². The average molecular weight is 383 g/mol. The van der Waals surface area contributed by atoms with Crippen LogP contribution in [0.25, 0.3) is 0 Å². The highest BCUT2D eigenvalue weighted by molar-refractivity contribution is 5.90. The Balaban J connectivity index is 1.56. The van der Waals surface area contributed by atoms with Gasteiger partial charge in [0.2, 0.25) is 0 Å². The van der Waals surface area contributed by atoms with Crippen LogP contribution >= 0.6 is 0 Å². The van der Waals surface area contributed by atoms with Crippen molar-refractivity contribution in [2.24, 2.45) is 0 Å². The molecule has 2 heterocycles. The standard InChI is InChI=1S/C21H30N6O/c1-5-25(6-2)19-10-11-20(24-23-19)26-12-14-27(15-13-26)21(28)22-18-9-7-8-16(3)17(18)4/h7-11H,5-6,12-15H2,1-4H3,(H,22,28). The molecule has 1 N–H and O–H groups in total. The van der Waals surface area contributed by atoms with Gasteiger partial charge >= 0.3 is 6.03 Å². The third-order valence-corrected chi connectivity index (χ3v) is 5.46. The zero-order chi connectivity index (χ0) is 20.1. The Morgan fingerprint density at radius 3 is 2.36 bits per heavy atom. The van der Waals surface area contributed by atoms with Crippen LogP contribution < -0.4 is 15.1 Å². The second-order valence-electron chi connectivity index (χ2n) is 7.07. The predicted molar refractivity (Wildman–Crippen MR) is 114 cm³/mol. The van der Waals surface area contributed by atoms with Crippen molar-refractivity contribution < 1.29 is 4.79 Å². The number of nitrogens with one attached hydrogen (secondary N) is 1. The first kappa shape index (κ1) is 19.9. The minimum absolute atomic E-state index is 0.0451. The number of aromatic nitrogens is 2. The van der Waals surface area contributed by atoms with Gasteiger partial charge in [0.1, 0.15) is 0 Å². The van der Waals surface area contributed by atoms with E-state index in [0.29, 0.717) is 13.1 Å². The Kier molecular flexibility index (Phi) is 6.34. The Morgan fingerprint density at radius 2 is 1.75 bits per heavy atom. The number of hydrogen-bond acceptors (Lipinski definition) is 5. The number of aryl methyl sites for hydroxylation is 1. The summed E-state index contributed by atoms with van der Waals surface area (Å²) in [5.41, 5.74) is 3.16. The summed E-state index contributed by atoms with van der Waals surface area (Å²) in [5.74, 6) is 1.77. The zero-order valence-electron chi connectivity index (χ0n) is 17.3. The maximum atomic E-state index is 12.6. The van der Waals surface area contributed by atoms with Gasteiger partial charge in [0.05, 0.1) is 0 Å². The van der Waals surface area contributed by atoms with Crippen molar-refractivity contribution in [3.63, 3.8) is 0 Å². The molecule has 1 aliphatic rings. The van der Waals surface area contributed by atoms with E-state index in [2.05, 4.69) is 52.2 Å². The summed E-state index contributed by atoms with van der Waals surface area (Å²) >= 11 is 0. The van der Waals surface area contributed by atoms with Crippen molar-refractivity contribution in [2.45, 2.75) is 27.7 Å². The van der Waals surface area contributed by atoms with Crippen LogP contribution in [0.5, 0.6) is 0 Å². The van der Waals surface area contributed by atoms with E-state index in [1.54, 1.807) is 0 Å². The molecule has 3 rings (SSSR count). The first-order valence-electron chi connectivity index (χ1n) is 9.99. The monoisotopic (exact) mass is 382 g/mol. The molecule has 0 aliphatic carbocycles. The molecule has 2 aromatic rings. The first-order chi connectivity index (χ1) is 13.5. The van der Waals surface area contributed by atoms with Gasteiger partial charge in [-0.1, -0.05) is 12.1 Å². The number of benzene rings is 1. The van der Waals surface area contributed by atoms with E-state index in [1.807, 2.05) is 36.1 Å². The summed E-state index contributed by atoms with van der Waals surface area (Å²) < 4.78 is 0. The highest BCUT2D eigenvalue weighted by Crippen LogP contribution is 2.20. The lowest BCUT2D eigenvalue weighted by atomic mass is 10.1. The number of amides is 2. The summed E-state index contributed by atoms with van der Waals surface area (Å²) in [5, 5.41) is 11.8. The minimum atomic E-state index is -0.0451. The quantitative estimate of drug-likeness (QED) is 0.860. The molecule has 0 atom stereocenters. The van der Waals surface area contributed by atoms with Gasteiger partial charge in [-0.3, -0.25) is 0 Å². The topological polar surface area (TPSA) is 64.6 Å². The highest BCUT2D eigenvalue weighted by atomic mass is 16.2. The van der Waals surface area contributed by atoms with Gasteiger partial charge in [-0.15, -0.1) is 10.2 Å². The number of nitrogens with zero attached hydrogens (tertiary/aromatic N) is 5. The van der Waals surface area contributed by atoms with Crippen LogP contribution in [0, 0.1) is 13.8 Å². The average Bonchev–Trinajstić information content (AvgIpc) is 2.73. The normalized spacial score (nSPS) is 14.1. The van der Waals surface area contributed by atoms with Crippen LogP contribution in [-0.2, 0) is 0 Å². The smallest absolute Gasteiger partial charge is 0.321 e. The van der Waals surface area contributed by atoms with Gasteiger partial charge in [-0.25, -0.2) is 4.79 Å². The van der Waals surface area contributed by atoms with E-state index < -0.39 is 0 Å². The molecule has 1 saturated heterocycles. The van der Waals surface area contributed by atoms with E-state index in [1.165, 1.54) is 5.56 Å². The molecule has 1 fully saturated rings. The molecule has 0 unspecified atom stereocenters. The lowest BCUT2D eigenvalue weighted by Gasteiger charge is -2.35. The number of anilines is 3. The van der Waals surface area contributed by atoms with Crippen LogP contribution in [0.4, 0.5) is 22.1 Å². The molecule has 1 aromatic carbocycles. The minimum Gasteiger partial charge on any atom is -0.356 e. The van der Waals surface area contributed by atoms with Gasteiger partial charge in [-0.2, -0.15) is 0 Å². The molecule has 0 bridgehead atoms. The number of urea groups is 1. The number of piperazine rings is 1. The molecule has 0 radical (unpaired) electrons. The summed E-state index contributed by atoms with van der Waals surface area (Å²) in [7, 11) is 0. The van der Waals surface area contributed by atoms with Crippen LogP contribution in [0.1, 0.15) is 25.0 Å². The van der Waals surface area contributed by atoms with E-state index in [-0.39, 0.29) is 6.03 Å². The molecule has 28 heavy (non-hydrogen) atoms. The number of hydrogen-bond donors (Lipinski definition) is 1. The maximum Gasteiger partial charge on any atom is 0.321 e. The molecule has 2 amide bonds. The van der Waals surface area contributed by atoms with Crippen LogP contribution in [0.3, 0.4) is 0 Å².